The van der Waals surface area contributed by atoms with Crippen LogP contribution in [0.3, 0.4) is 0 Å². The molecule has 0 fully saturated rings. The topological polar surface area (TPSA) is 52.3 Å². The average Bonchev–Trinajstić information content (AvgIpc) is 2.11. The maximum absolute atomic E-state index is 12.0. The Morgan fingerprint density at radius 2 is 2.13 bits per heavy atom. The maximum atomic E-state index is 12.0. The van der Waals surface area contributed by atoms with Gasteiger partial charge in [0.25, 0.3) is 0 Å². The van der Waals surface area contributed by atoms with E-state index in [-0.39, 0.29) is 27.8 Å². The molecule has 0 aromatic heterocycles. The van der Waals surface area contributed by atoms with E-state index in [1.54, 1.807) is 0 Å². The molecule has 82 valence electrons. The Labute approximate surface area is 89.8 Å². The number of alkyl halides is 2. The molecule has 0 amide bonds. The number of Topliss-reactive ketones (excluding diaryl/α,β-unsaturated/α-hetero) is 1. The molecule has 0 aliphatic rings. The van der Waals surface area contributed by atoms with Crippen molar-refractivity contribution >= 4 is 23.1 Å². The number of rotatable bonds is 3. The standard InChI is InChI=1S/C9H8ClF2NO2/c1-4(14)5-2-6(13)8(10)7(3-5)15-9(11)12/h2-3,9H,13H2,1H3. The largest absolute Gasteiger partial charge is 0.433 e. The van der Waals surface area contributed by atoms with Crippen LogP contribution in [0.2, 0.25) is 5.02 Å². The van der Waals surface area contributed by atoms with E-state index >= 15 is 0 Å². The lowest BCUT2D eigenvalue weighted by atomic mass is 10.1. The number of nitrogen functional groups attached to an aromatic ring is 1. The summed E-state index contributed by atoms with van der Waals surface area (Å²) in [4.78, 5) is 11.0. The highest BCUT2D eigenvalue weighted by molar-refractivity contribution is 6.34. The molecule has 0 spiro atoms. The van der Waals surface area contributed by atoms with Crippen molar-refractivity contribution in [3.05, 3.63) is 22.7 Å². The fourth-order valence-electron chi connectivity index (χ4n) is 1.00. The summed E-state index contributed by atoms with van der Waals surface area (Å²) in [5.41, 5.74) is 5.63. The van der Waals surface area contributed by atoms with Crippen molar-refractivity contribution in [1.29, 1.82) is 0 Å². The number of ketones is 1. The van der Waals surface area contributed by atoms with Gasteiger partial charge in [0.1, 0.15) is 10.8 Å². The van der Waals surface area contributed by atoms with Crippen LogP contribution in [-0.2, 0) is 0 Å². The first-order valence-corrected chi connectivity index (χ1v) is 4.34. The van der Waals surface area contributed by atoms with Gasteiger partial charge in [-0.15, -0.1) is 0 Å². The average molecular weight is 236 g/mol. The lowest BCUT2D eigenvalue weighted by Crippen LogP contribution is -2.05. The highest BCUT2D eigenvalue weighted by atomic mass is 35.5. The first-order chi connectivity index (χ1) is 6.91. The first kappa shape index (κ1) is 11.7. The summed E-state index contributed by atoms with van der Waals surface area (Å²) in [5.74, 6) is -0.602. The predicted octanol–water partition coefficient (Wildman–Crippen LogP) is 2.73. The van der Waals surface area contributed by atoms with Gasteiger partial charge in [0.05, 0.1) is 5.69 Å². The van der Waals surface area contributed by atoms with E-state index in [1.165, 1.54) is 13.0 Å². The Morgan fingerprint density at radius 1 is 1.53 bits per heavy atom. The van der Waals surface area contributed by atoms with Crippen LogP contribution in [0.25, 0.3) is 0 Å². The van der Waals surface area contributed by atoms with Crippen LogP contribution < -0.4 is 10.5 Å². The number of ether oxygens (including phenoxy) is 1. The van der Waals surface area contributed by atoms with Crippen LogP contribution >= 0.6 is 11.6 Å². The minimum absolute atomic E-state index is 0.0278. The molecule has 15 heavy (non-hydrogen) atoms. The van der Waals surface area contributed by atoms with Crippen molar-refractivity contribution in [3.8, 4) is 5.75 Å². The van der Waals surface area contributed by atoms with Crippen LogP contribution in [-0.4, -0.2) is 12.4 Å². The van der Waals surface area contributed by atoms with Gasteiger partial charge in [0, 0.05) is 5.56 Å². The van der Waals surface area contributed by atoms with Crippen molar-refractivity contribution in [2.45, 2.75) is 13.5 Å². The summed E-state index contributed by atoms with van der Waals surface area (Å²) < 4.78 is 28.0. The Balaban J connectivity index is 3.19. The minimum atomic E-state index is -3.01. The molecule has 0 unspecified atom stereocenters. The van der Waals surface area contributed by atoms with E-state index in [4.69, 9.17) is 17.3 Å². The molecule has 0 saturated heterocycles. The van der Waals surface area contributed by atoms with Gasteiger partial charge in [0.2, 0.25) is 0 Å². The fourth-order valence-corrected chi connectivity index (χ4v) is 1.16. The van der Waals surface area contributed by atoms with Crippen molar-refractivity contribution in [2.24, 2.45) is 0 Å². The SMILES string of the molecule is CC(=O)c1cc(N)c(Cl)c(OC(F)F)c1. The highest BCUT2D eigenvalue weighted by Crippen LogP contribution is 2.33. The van der Waals surface area contributed by atoms with Crippen LogP contribution in [0.1, 0.15) is 17.3 Å². The van der Waals surface area contributed by atoms with Crippen LogP contribution in [0.4, 0.5) is 14.5 Å². The number of carbonyl (C=O) groups is 1. The summed E-state index contributed by atoms with van der Waals surface area (Å²) >= 11 is 5.62. The van der Waals surface area contributed by atoms with Crippen LogP contribution in [0, 0.1) is 0 Å². The smallest absolute Gasteiger partial charge is 0.387 e. The number of hydrogen-bond donors (Lipinski definition) is 1. The Hall–Kier alpha value is -1.36. The molecule has 3 nitrogen and oxygen atoms in total. The zero-order valence-electron chi connectivity index (χ0n) is 7.76. The number of benzene rings is 1. The van der Waals surface area contributed by atoms with Crippen molar-refractivity contribution in [3.63, 3.8) is 0 Å². The molecule has 0 atom stereocenters. The summed E-state index contributed by atoms with van der Waals surface area (Å²) in [7, 11) is 0. The molecule has 0 saturated carbocycles. The quantitative estimate of drug-likeness (QED) is 0.647. The van der Waals surface area contributed by atoms with Gasteiger partial charge in [-0.3, -0.25) is 4.79 Å². The molecular formula is C9H8ClF2NO2. The summed E-state index contributed by atoms with van der Waals surface area (Å²) in [6.45, 7) is -1.72. The molecule has 1 aromatic carbocycles. The van der Waals surface area contributed by atoms with E-state index in [0.29, 0.717) is 0 Å². The molecule has 0 aliphatic heterocycles. The van der Waals surface area contributed by atoms with Crippen LogP contribution in [0.15, 0.2) is 12.1 Å². The van der Waals surface area contributed by atoms with Gasteiger partial charge >= 0.3 is 6.61 Å². The lowest BCUT2D eigenvalue weighted by Gasteiger charge is -2.09. The van der Waals surface area contributed by atoms with Crippen molar-refractivity contribution in [1.82, 2.24) is 0 Å². The number of carbonyl (C=O) groups excluding carboxylic acids is 1. The van der Waals surface area contributed by atoms with E-state index in [0.717, 1.165) is 6.07 Å². The third-order valence-electron chi connectivity index (χ3n) is 1.69. The van der Waals surface area contributed by atoms with Crippen molar-refractivity contribution < 1.29 is 18.3 Å². The number of nitrogens with two attached hydrogens (primary N) is 1. The normalized spacial score (nSPS) is 10.5. The van der Waals surface area contributed by atoms with Gasteiger partial charge in [-0.2, -0.15) is 8.78 Å². The minimum Gasteiger partial charge on any atom is -0.433 e. The van der Waals surface area contributed by atoms with Gasteiger partial charge in [0.15, 0.2) is 5.78 Å². The third-order valence-corrected chi connectivity index (χ3v) is 2.09. The Bertz CT molecular complexity index is 396. The molecule has 0 bridgehead atoms. The second-order valence-corrected chi connectivity index (χ2v) is 3.19. The van der Waals surface area contributed by atoms with Gasteiger partial charge in [-0.1, -0.05) is 11.6 Å². The second-order valence-electron chi connectivity index (χ2n) is 2.81. The summed E-state index contributed by atoms with van der Waals surface area (Å²) in [5, 5.41) is -0.125. The number of hydrogen-bond acceptors (Lipinski definition) is 3. The lowest BCUT2D eigenvalue weighted by molar-refractivity contribution is -0.0497. The summed E-state index contributed by atoms with van der Waals surface area (Å²) in [6.07, 6.45) is 0. The fraction of sp³-hybridized carbons (Fsp3) is 0.222. The zero-order chi connectivity index (χ0) is 11.6. The zero-order valence-corrected chi connectivity index (χ0v) is 8.52. The second kappa shape index (κ2) is 4.44. The van der Waals surface area contributed by atoms with E-state index in [1.807, 2.05) is 0 Å². The number of anilines is 1. The molecule has 6 heteroatoms. The highest BCUT2D eigenvalue weighted by Gasteiger charge is 2.14. The predicted molar refractivity (Wildman–Crippen MR) is 52.5 cm³/mol. The van der Waals surface area contributed by atoms with Gasteiger partial charge in [-0.05, 0) is 19.1 Å². The van der Waals surface area contributed by atoms with Crippen molar-refractivity contribution in [2.75, 3.05) is 5.73 Å². The maximum Gasteiger partial charge on any atom is 0.387 e. The molecular weight excluding hydrogens is 228 g/mol. The monoisotopic (exact) mass is 235 g/mol. The molecule has 2 N–H and O–H groups in total. The molecule has 0 radical (unpaired) electrons. The van der Waals surface area contributed by atoms with E-state index in [2.05, 4.69) is 4.74 Å². The molecule has 1 rings (SSSR count). The van der Waals surface area contributed by atoms with Gasteiger partial charge in [-0.25, -0.2) is 0 Å². The number of halogens is 3. The molecule has 0 heterocycles. The molecule has 0 aliphatic carbocycles. The van der Waals surface area contributed by atoms with E-state index in [9.17, 15) is 13.6 Å². The van der Waals surface area contributed by atoms with E-state index < -0.39 is 6.61 Å². The van der Waals surface area contributed by atoms with Crippen LogP contribution in [0.5, 0.6) is 5.75 Å². The Morgan fingerprint density at radius 3 is 2.60 bits per heavy atom. The summed E-state index contributed by atoms with van der Waals surface area (Å²) in [6, 6.07) is 2.44. The molecule has 1 aromatic rings. The first-order valence-electron chi connectivity index (χ1n) is 3.96. The third kappa shape index (κ3) is 2.79. The van der Waals surface area contributed by atoms with Gasteiger partial charge < -0.3 is 10.5 Å². The Kier molecular flexibility index (Phi) is 3.47.